The predicted molar refractivity (Wildman–Crippen MR) is 104 cm³/mol. The number of guanidine groups is 1. The van der Waals surface area contributed by atoms with Crippen LogP contribution in [0.5, 0.6) is 0 Å². The summed E-state index contributed by atoms with van der Waals surface area (Å²) in [6.07, 6.45) is 1.98. The van der Waals surface area contributed by atoms with Gasteiger partial charge in [-0.3, -0.25) is 4.99 Å². The van der Waals surface area contributed by atoms with Crippen LogP contribution in [0.15, 0.2) is 4.99 Å². The zero-order valence-electron chi connectivity index (χ0n) is 14.4. The van der Waals surface area contributed by atoms with Crippen LogP contribution in [0.4, 0.5) is 0 Å². The van der Waals surface area contributed by atoms with Gasteiger partial charge in [-0.2, -0.15) is 0 Å². The molecule has 2 N–H and O–H groups in total. The molecule has 0 heterocycles. The van der Waals surface area contributed by atoms with Crippen molar-refractivity contribution in [2.75, 3.05) is 39.1 Å². The molecular weight excluding hydrogens is 417 g/mol. The molecule has 8 heteroatoms. The Morgan fingerprint density at radius 1 is 1.14 bits per heavy atom. The second-order valence-electron chi connectivity index (χ2n) is 5.76. The molecule has 6 nitrogen and oxygen atoms in total. The minimum atomic E-state index is -3.10. The Morgan fingerprint density at radius 3 is 2.23 bits per heavy atom. The van der Waals surface area contributed by atoms with Crippen LogP contribution < -0.4 is 10.6 Å². The average Bonchev–Trinajstić information content (AvgIpc) is 2.39. The molecule has 0 rings (SSSR count). The number of ether oxygens (including phenoxy) is 1. The van der Waals surface area contributed by atoms with E-state index in [4.69, 9.17) is 4.74 Å². The molecule has 0 spiro atoms. The third-order valence-electron chi connectivity index (χ3n) is 3.03. The van der Waals surface area contributed by atoms with Crippen molar-refractivity contribution in [1.82, 2.24) is 10.6 Å². The van der Waals surface area contributed by atoms with Gasteiger partial charge in [0.25, 0.3) is 0 Å². The van der Waals surface area contributed by atoms with E-state index in [2.05, 4.69) is 15.6 Å². The van der Waals surface area contributed by atoms with E-state index in [0.29, 0.717) is 12.5 Å². The number of hydrogen-bond donors (Lipinski definition) is 2. The molecule has 0 bridgehead atoms. The third kappa shape index (κ3) is 10.6. The highest BCUT2D eigenvalue weighted by Gasteiger charge is 2.28. The van der Waals surface area contributed by atoms with Crippen LogP contribution in [-0.4, -0.2) is 58.2 Å². The van der Waals surface area contributed by atoms with Crippen molar-refractivity contribution in [3.8, 4) is 0 Å². The maximum Gasteiger partial charge on any atom is 0.191 e. The predicted octanol–water partition coefficient (Wildman–Crippen LogP) is 1.80. The van der Waals surface area contributed by atoms with Gasteiger partial charge in [-0.1, -0.05) is 0 Å². The third-order valence-corrected chi connectivity index (χ3v) is 5.64. The van der Waals surface area contributed by atoms with Crippen molar-refractivity contribution in [3.63, 3.8) is 0 Å². The minimum Gasteiger partial charge on any atom is -0.382 e. The zero-order valence-corrected chi connectivity index (χ0v) is 17.6. The Morgan fingerprint density at radius 2 is 1.73 bits per heavy atom. The number of nitrogens with zero attached hydrogens (tertiary/aromatic N) is 1. The number of unbranched alkanes of at least 4 members (excludes halogenated alkanes) is 1. The molecule has 0 aromatic rings. The second-order valence-corrected chi connectivity index (χ2v) is 8.62. The Labute approximate surface area is 152 Å². The lowest BCUT2D eigenvalue weighted by molar-refractivity contribution is 0.143. The van der Waals surface area contributed by atoms with Crippen LogP contribution in [0, 0.1) is 0 Å². The molecule has 0 aromatic carbocycles. The van der Waals surface area contributed by atoms with Gasteiger partial charge in [0.1, 0.15) is 0 Å². The molecule has 0 saturated carbocycles. The first-order valence-corrected chi connectivity index (χ1v) is 9.14. The molecule has 0 radical (unpaired) electrons. The van der Waals surface area contributed by atoms with E-state index in [1.807, 2.05) is 6.92 Å². The standard InChI is InChI=1S/C14H31N3O3S.HI/c1-6-20-11-8-7-9-16-13(15-5)17-10-12-21(18,19)14(2,3)4;/h6-12H2,1-5H3,(H2,15,16,17);1H. The summed E-state index contributed by atoms with van der Waals surface area (Å²) in [5.41, 5.74) is 0. The topological polar surface area (TPSA) is 79.8 Å². The maximum atomic E-state index is 12.0. The van der Waals surface area contributed by atoms with Crippen molar-refractivity contribution in [3.05, 3.63) is 0 Å². The van der Waals surface area contributed by atoms with Gasteiger partial charge in [-0.05, 0) is 40.5 Å². The summed E-state index contributed by atoms with van der Waals surface area (Å²) in [5.74, 6) is 0.733. The lowest BCUT2D eigenvalue weighted by Crippen LogP contribution is -2.42. The fourth-order valence-corrected chi connectivity index (χ4v) is 2.49. The van der Waals surface area contributed by atoms with Gasteiger partial charge in [0, 0.05) is 33.4 Å². The van der Waals surface area contributed by atoms with Crippen molar-refractivity contribution >= 4 is 39.8 Å². The van der Waals surface area contributed by atoms with Crippen molar-refractivity contribution in [2.45, 2.75) is 45.3 Å². The Hall–Kier alpha value is -0.0900. The van der Waals surface area contributed by atoms with Crippen molar-refractivity contribution in [1.29, 1.82) is 0 Å². The summed E-state index contributed by atoms with van der Waals surface area (Å²) in [6.45, 7) is 9.80. The van der Waals surface area contributed by atoms with Crippen LogP contribution >= 0.6 is 24.0 Å². The van der Waals surface area contributed by atoms with E-state index < -0.39 is 14.6 Å². The van der Waals surface area contributed by atoms with Gasteiger partial charge < -0.3 is 15.4 Å². The highest BCUT2D eigenvalue weighted by atomic mass is 127. The molecule has 0 unspecified atom stereocenters. The first-order valence-electron chi connectivity index (χ1n) is 7.49. The summed E-state index contributed by atoms with van der Waals surface area (Å²) < 4.78 is 28.5. The SMILES string of the molecule is CCOCCCCNC(=NC)NCCS(=O)(=O)C(C)(C)C.I. The molecule has 0 amide bonds. The monoisotopic (exact) mass is 449 g/mol. The Kier molecular flexibility index (Phi) is 13.6. The summed E-state index contributed by atoms with van der Waals surface area (Å²) in [7, 11) is -1.42. The number of rotatable bonds is 9. The molecule has 134 valence electrons. The normalized spacial score (nSPS) is 12.7. The number of nitrogens with one attached hydrogen (secondary N) is 2. The molecular formula is C14H32IN3O3S. The van der Waals surface area contributed by atoms with E-state index in [-0.39, 0.29) is 29.7 Å². The summed E-state index contributed by atoms with van der Waals surface area (Å²) >= 11 is 0. The van der Waals surface area contributed by atoms with Crippen molar-refractivity contribution in [2.24, 2.45) is 4.99 Å². The van der Waals surface area contributed by atoms with Gasteiger partial charge in [0.2, 0.25) is 0 Å². The van der Waals surface area contributed by atoms with Crippen LogP contribution in [0.25, 0.3) is 0 Å². The van der Waals surface area contributed by atoms with E-state index >= 15 is 0 Å². The lowest BCUT2D eigenvalue weighted by Gasteiger charge is -2.19. The second kappa shape index (κ2) is 12.3. The first kappa shape index (κ1) is 24.2. The number of aliphatic imine (C=N–C) groups is 1. The minimum absolute atomic E-state index is 0. The molecule has 0 aliphatic rings. The van der Waals surface area contributed by atoms with Crippen LogP contribution in [-0.2, 0) is 14.6 Å². The van der Waals surface area contributed by atoms with Crippen LogP contribution in [0.3, 0.4) is 0 Å². The first-order chi connectivity index (χ1) is 9.74. The highest BCUT2D eigenvalue weighted by molar-refractivity contribution is 14.0. The Bertz CT molecular complexity index is 406. The fraction of sp³-hybridized carbons (Fsp3) is 0.929. The largest absolute Gasteiger partial charge is 0.382 e. The van der Waals surface area contributed by atoms with Gasteiger partial charge in [0.05, 0.1) is 10.5 Å². The smallest absolute Gasteiger partial charge is 0.191 e. The highest BCUT2D eigenvalue weighted by Crippen LogP contribution is 2.15. The van der Waals surface area contributed by atoms with E-state index in [1.165, 1.54) is 0 Å². The van der Waals surface area contributed by atoms with Gasteiger partial charge in [0.15, 0.2) is 15.8 Å². The van der Waals surface area contributed by atoms with Gasteiger partial charge >= 0.3 is 0 Å². The molecule has 0 aliphatic heterocycles. The molecule has 0 atom stereocenters. The Balaban J connectivity index is 0. The summed E-state index contributed by atoms with van der Waals surface area (Å²) in [5, 5.41) is 6.19. The zero-order chi connectivity index (χ0) is 16.4. The molecule has 0 fully saturated rings. The van der Waals surface area contributed by atoms with E-state index in [0.717, 1.165) is 32.6 Å². The molecule has 0 aliphatic carbocycles. The summed E-state index contributed by atoms with van der Waals surface area (Å²) in [4.78, 5) is 4.07. The van der Waals surface area contributed by atoms with Crippen LogP contribution in [0.2, 0.25) is 0 Å². The van der Waals surface area contributed by atoms with Crippen molar-refractivity contribution < 1.29 is 13.2 Å². The average molecular weight is 449 g/mol. The summed E-state index contributed by atoms with van der Waals surface area (Å²) in [6, 6.07) is 0. The van der Waals surface area contributed by atoms with Crippen LogP contribution in [0.1, 0.15) is 40.5 Å². The maximum absolute atomic E-state index is 12.0. The molecule has 0 saturated heterocycles. The lowest BCUT2D eigenvalue weighted by atomic mass is 10.3. The molecule has 0 aromatic heterocycles. The number of hydrogen-bond acceptors (Lipinski definition) is 4. The quantitative estimate of drug-likeness (QED) is 0.243. The van der Waals surface area contributed by atoms with E-state index in [9.17, 15) is 8.42 Å². The van der Waals surface area contributed by atoms with Gasteiger partial charge in [-0.25, -0.2) is 8.42 Å². The number of sulfone groups is 1. The van der Waals surface area contributed by atoms with Gasteiger partial charge in [-0.15, -0.1) is 24.0 Å². The fourth-order valence-electron chi connectivity index (χ4n) is 1.51. The number of halogens is 1. The molecule has 22 heavy (non-hydrogen) atoms. The van der Waals surface area contributed by atoms with E-state index in [1.54, 1.807) is 27.8 Å².